The average molecular weight is 304 g/mol. The molecule has 0 N–H and O–H groups in total. The van der Waals surface area contributed by atoms with Crippen molar-refractivity contribution in [1.82, 2.24) is 9.96 Å². The maximum absolute atomic E-state index is 12.1. The van der Waals surface area contributed by atoms with Crippen LogP contribution in [0.1, 0.15) is 41.5 Å². The number of rotatable bonds is 4. The van der Waals surface area contributed by atoms with Crippen LogP contribution in [0.2, 0.25) is 0 Å². The van der Waals surface area contributed by atoms with Gasteiger partial charge in [-0.15, -0.1) is 0 Å². The third-order valence-corrected chi connectivity index (χ3v) is 3.09. The molecule has 1 aromatic rings. The highest BCUT2D eigenvalue weighted by Gasteiger charge is 2.38. The number of imide groups is 1. The molecular formula is C16H20N2O4. The van der Waals surface area contributed by atoms with Gasteiger partial charge >= 0.3 is 5.97 Å². The summed E-state index contributed by atoms with van der Waals surface area (Å²) in [6.07, 6.45) is 0. The van der Waals surface area contributed by atoms with Gasteiger partial charge in [-0.2, -0.15) is 0 Å². The number of hydroxylamine groups is 2. The minimum atomic E-state index is -0.638. The molecule has 0 saturated carbocycles. The maximum atomic E-state index is 12.1. The molecule has 0 spiro atoms. The molecule has 0 atom stereocenters. The minimum Gasteiger partial charge on any atom is -0.328 e. The van der Waals surface area contributed by atoms with E-state index in [4.69, 9.17) is 4.84 Å². The van der Waals surface area contributed by atoms with E-state index in [0.29, 0.717) is 11.6 Å². The van der Waals surface area contributed by atoms with E-state index >= 15 is 0 Å². The van der Waals surface area contributed by atoms with E-state index in [1.54, 1.807) is 24.1 Å². The molecule has 118 valence electrons. The first-order chi connectivity index (χ1) is 10.2. The standard InChI is InChI=1S/C16H20N2O4/c1-16(2,3)10-17(4)9-13(19)22-18-14(20)11-7-5-6-8-12(11)15(18)21/h5-8H,9-10H2,1-4H3. The van der Waals surface area contributed by atoms with Crippen LogP contribution in [0.15, 0.2) is 24.3 Å². The fourth-order valence-corrected chi connectivity index (χ4v) is 2.47. The highest BCUT2D eigenvalue weighted by Crippen LogP contribution is 2.22. The summed E-state index contributed by atoms with van der Waals surface area (Å²) in [7, 11) is 1.79. The fraction of sp³-hybridized carbons (Fsp3) is 0.438. The third-order valence-electron chi connectivity index (χ3n) is 3.09. The molecule has 0 fully saturated rings. The van der Waals surface area contributed by atoms with Crippen molar-refractivity contribution in [3.05, 3.63) is 35.4 Å². The Hall–Kier alpha value is -2.21. The predicted octanol–water partition coefficient (Wildman–Crippen LogP) is 1.72. The molecule has 2 rings (SSSR count). The Morgan fingerprint density at radius 2 is 1.64 bits per heavy atom. The van der Waals surface area contributed by atoms with Crippen LogP contribution in [0.25, 0.3) is 0 Å². The van der Waals surface area contributed by atoms with E-state index in [9.17, 15) is 14.4 Å². The highest BCUT2D eigenvalue weighted by atomic mass is 16.7. The Bertz CT molecular complexity index is 584. The van der Waals surface area contributed by atoms with Crippen molar-refractivity contribution in [3.63, 3.8) is 0 Å². The van der Waals surface area contributed by atoms with Crippen molar-refractivity contribution in [1.29, 1.82) is 0 Å². The molecule has 22 heavy (non-hydrogen) atoms. The average Bonchev–Trinajstić information content (AvgIpc) is 2.62. The fourth-order valence-electron chi connectivity index (χ4n) is 2.47. The number of likely N-dealkylation sites (N-methyl/N-ethyl adjacent to an activating group) is 1. The summed E-state index contributed by atoms with van der Waals surface area (Å²) in [6, 6.07) is 6.39. The molecular weight excluding hydrogens is 284 g/mol. The van der Waals surface area contributed by atoms with Gasteiger partial charge in [-0.25, -0.2) is 4.79 Å². The summed E-state index contributed by atoms with van der Waals surface area (Å²) >= 11 is 0. The molecule has 0 aromatic heterocycles. The predicted molar refractivity (Wildman–Crippen MR) is 80.0 cm³/mol. The lowest BCUT2D eigenvalue weighted by atomic mass is 9.96. The zero-order valence-electron chi connectivity index (χ0n) is 13.3. The van der Waals surface area contributed by atoms with E-state index < -0.39 is 17.8 Å². The zero-order valence-corrected chi connectivity index (χ0v) is 13.3. The zero-order chi connectivity index (χ0) is 16.5. The van der Waals surface area contributed by atoms with E-state index in [2.05, 4.69) is 20.8 Å². The Kier molecular flexibility index (Phi) is 4.32. The van der Waals surface area contributed by atoms with Gasteiger partial charge in [0.15, 0.2) is 0 Å². The van der Waals surface area contributed by atoms with Gasteiger partial charge in [0, 0.05) is 6.54 Å². The highest BCUT2D eigenvalue weighted by molar-refractivity contribution is 6.20. The second kappa shape index (κ2) is 5.88. The van der Waals surface area contributed by atoms with Crippen molar-refractivity contribution >= 4 is 17.8 Å². The van der Waals surface area contributed by atoms with Crippen LogP contribution in [0.5, 0.6) is 0 Å². The van der Waals surface area contributed by atoms with Crippen LogP contribution in [0, 0.1) is 5.41 Å². The van der Waals surface area contributed by atoms with Gasteiger partial charge in [-0.3, -0.25) is 14.5 Å². The van der Waals surface area contributed by atoms with E-state index in [1.807, 2.05) is 0 Å². The van der Waals surface area contributed by atoms with Crippen LogP contribution in [0.3, 0.4) is 0 Å². The van der Waals surface area contributed by atoms with E-state index in [1.165, 1.54) is 12.1 Å². The molecule has 2 amide bonds. The molecule has 0 saturated heterocycles. The second-order valence-electron chi connectivity index (χ2n) is 6.65. The van der Waals surface area contributed by atoms with Crippen LogP contribution < -0.4 is 0 Å². The topological polar surface area (TPSA) is 66.9 Å². The van der Waals surface area contributed by atoms with E-state index in [0.717, 1.165) is 0 Å². The minimum absolute atomic E-state index is 0.00464. The first-order valence-corrected chi connectivity index (χ1v) is 7.06. The normalized spacial score (nSPS) is 14.5. The van der Waals surface area contributed by atoms with E-state index in [-0.39, 0.29) is 23.1 Å². The molecule has 0 unspecified atom stereocenters. The first kappa shape index (κ1) is 16.2. The molecule has 1 aliphatic rings. The Morgan fingerprint density at radius 1 is 1.14 bits per heavy atom. The summed E-state index contributed by atoms with van der Waals surface area (Å²) in [5, 5.41) is 0.540. The Morgan fingerprint density at radius 3 is 2.09 bits per heavy atom. The molecule has 0 aliphatic carbocycles. The monoisotopic (exact) mass is 304 g/mol. The largest absolute Gasteiger partial charge is 0.347 e. The van der Waals surface area contributed by atoms with Gasteiger partial charge in [0.1, 0.15) is 0 Å². The summed E-state index contributed by atoms with van der Waals surface area (Å²) in [6.45, 7) is 6.85. The lowest BCUT2D eigenvalue weighted by molar-refractivity contribution is -0.169. The van der Waals surface area contributed by atoms with Gasteiger partial charge in [0.2, 0.25) is 0 Å². The summed E-state index contributed by atoms with van der Waals surface area (Å²) in [4.78, 5) is 42.8. The van der Waals surface area contributed by atoms with Crippen molar-refractivity contribution in [3.8, 4) is 0 Å². The van der Waals surface area contributed by atoms with Gasteiger partial charge in [0.25, 0.3) is 11.8 Å². The van der Waals surface area contributed by atoms with Crippen LogP contribution in [0.4, 0.5) is 0 Å². The van der Waals surface area contributed by atoms with Gasteiger partial charge < -0.3 is 4.84 Å². The number of amides is 2. The van der Waals surface area contributed by atoms with Crippen LogP contribution in [-0.2, 0) is 9.63 Å². The van der Waals surface area contributed by atoms with Gasteiger partial charge in [0.05, 0.1) is 17.7 Å². The van der Waals surface area contributed by atoms with Gasteiger partial charge in [-0.1, -0.05) is 38.0 Å². The van der Waals surface area contributed by atoms with Crippen LogP contribution in [-0.4, -0.2) is 47.9 Å². The number of carbonyl (C=O) groups is 3. The van der Waals surface area contributed by atoms with Crippen LogP contribution >= 0.6 is 0 Å². The van der Waals surface area contributed by atoms with Crippen molar-refractivity contribution in [2.24, 2.45) is 5.41 Å². The van der Waals surface area contributed by atoms with Crippen molar-refractivity contribution in [2.75, 3.05) is 20.1 Å². The molecule has 1 aromatic carbocycles. The Labute approximate surface area is 129 Å². The van der Waals surface area contributed by atoms with Crippen molar-refractivity contribution in [2.45, 2.75) is 20.8 Å². The number of nitrogens with zero attached hydrogens (tertiary/aromatic N) is 2. The lowest BCUT2D eigenvalue weighted by Gasteiger charge is -2.25. The Balaban J connectivity index is 1.99. The molecule has 1 aliphatic heterocycles. The maximum Gasteiger partial charge on any atom is 0.347 e. The third kappa shape index (κ3) is 3.51. The van der Waals surface area contributed by atoms with Crippen molar-refractivity contribution < 1.29 is 19.2 Å². The molecule has 6 nitrogen and oxygen atoms in total. The molecule has 0 bridgehead atoms. The molecule has 0 radical (unpaired) electrons. The summed E-state index contributed by atoms with van der Waals surface area (Å²) in [5.74, 6) is -1.85. The number of hydrogen-bond acceptors (Lipinski definition) is 5. The summed E-state index contributed by atoms with van der Waals surface area (Å²) in [5.41, 5.74) is 0.538. The SMILES string of the molecule is CN(CC(=O)ON1C(=O)c2ccccc2C1=O)CC(C)(C)C. The second-order valence-corrected chi connectivity index (χ2v) is 6.65. The number of benzene rings is 1. The van der Waals surface area contributed by atoms with Gasteiger partial charge in [-0.05, 0) is 24.6 Å². The summed E-state index contributed by atoms with van der Waals surface area (Å²) < 4.78 is 0. The molecule has 1 heterocycles. The number of hydrogen-bond donors (Lipinski definition) is 0. The lowest BCUT2D eigenvalue weighted by Crippen LogP contribution is -2.39. The first-order valence-electron chi connectivity index (χ1n) is 7.06. The number of fused-ring (bicyclic) bond motifs is 1. The molecule has 6 heteroatoms. The quantitative estimate of drug-likeness (QED) is 0.792. The smallest absolute Gasteiger partial charge is 0.328 e. The number of carbonyl (C=O) groups excluding carboxylic acids is 3.